The molecule has 2 aliphatic heterocycles. The molecule has 2 aromatic rings. The van der Waals surface area contributed by atoms with Gasteiger partial charge in [-0.15, -0.1) is 10.2 Å². The number of nitrogens with one attached hydrogen (secondary N) is 1. The van der Waals surface area contributed by atoms with Crippen LogP contribution in [0.1, 0.15) is 24.0 Å². The van der Waals surface area contributed by atoms with Crippen molar-refractivity contribution in [3.05, 3.63) is 35.7 Å². The number of amides is 1. The highest BCUT2D eigenvalue weighted by Gasteiger charge is 2.42. The van der Waals surface area contributed by atoms with E-state index in [1.54, 1.807) is 6.33 Å². The Morgan fingerprint density at radius 2 is 1.97 bits per heavy atom. The van der Waals surface area contributed by atoms with Crippen molar-refractivity contribution in [3.8, 4) is 5.69 Å². The summed E-state index contributed by atoms with van der Waals surface area (Å²) in [6.07, 6.45) is 3.81. The van der Waals surface area contributed by atoms with Crippen LogP contribution in [0.5, 0.6) is 0 Å². The number of sulfone groups is 1. The lowest BCUT2D eigenvalue weighted by atomic mass is 10.1. The Balaban J connectivity index is 1.39. The fraction of sp³-hybridized carbons (Fsp3) is 0.550. The minimum absolute atomic E-state index is 0.0173. The average Bonchev–Trinajstić information content (AvgIpc) is 3.42. The molecule has 0 saturated carbocycles. The second kappa shape index (κ2) is 8.68. The molecule has 0 spiro atoms. The molecule has 30 heavy (non-hydrogen) atoms. The Kier molecular flexibility index (Phi) is 6.17. The molecule has 10 heteroatoms. The van der Waals surface area contributed by atoms with Gasteiger partial charge < -0.3 is 5.32 Å². The lowest BCUT2D eigenvalue weighted by Gasteiger charge is -2.28. The van der Waals surface area contributed by atoms with Crippen molar-refractivity contribution in [2.75, 3.05) is 30.3 Å². The zero-order valence-electron chi connectivity index (χ0n) is 17.2. The van der Waals surface area contributed by atoms with E-state index in [-0.39, 0.29) is 35.2 Å². The number of carbonyl (C=O) groups is 1. The molecule has 2 unspecified atom stereocenters. The van der Waals surface area contributed by atoms with Crippen molar-refractivity contribution in [2.24, 2.45) is 0 Å². The Morgan fingerprint density at radius 3 is 2.70 bits per heavy atom. The number of aryl methyl sites for hydroxylation is 2. The SMILES string of the molecule is Cc1ccc(-n2cnnc2SCC(=O)NC2CS(=O)(=O)CC2N2CCCC2)cc1C. The number of carbonyl (C=O) groups excluding carboxylic acids is 1. The number of nitrogens with zero attached hydrogens (tertiary/aromatic N) is 4. The van der Waals surface area contributed by atoms with Crippen molar-refractivity contribution >= 4 is 27.5 Å². The van der Waals surface area contributed by atoms with E-state index in [9.17, 15) is 13.2 Å². The van der Waals surface area contributed by atoms with E-state index in [1.165, 1.54) is 22.9 Å². The van der Waals surface area contributed by atoms with Crippen molar-refractivity contribution in [1.82, 2.24) is 25.0 Å². The molecule has 0 radical (unpaired) electrons. The Morgan fingerprint density at radius 1 is 1.20 bits per heavy atom. The molecular weight excluding hydrogens is 422 g/mol. The Labute approximate surface area is 181 Å². The molecular formula is C20H27N5O3S2. The highest BCUT2D eigenvalue weighted by Crippen LogP contribution is 2.24. The Bertz CT molecular complexity index is 1030. The minimum atomic E-state index is -3.13. The summed E-state index contributed by atoms with van der Waals surface area (Å²) in [4.78, 5) is 14.8. The number of benzene rings is 1. The minimum Gasteiger partial charge on any atom is -0.350 e. The molecule has 4 rings (SSSR count). The fourth-order valence-corrected chi connectivity index (χ4v) is 6.85. The van der Waals surface area contributed by atoms with Crippen molar-refractivity contribution in [1.29, 1.82) is 0 Å². The highest BCUT2D eigenvalue weighted by molar-refractivity contribution is 7.99. The molecule has 1 aromatic heterocycles. The molecule has 8 nitrogen and oxygen atoms in total. The van der Waals surface area contributed by atoms with Crippen molar-refractivity contribution in [2.45, 2.75) is 43.9 Å². The lowest BCUT2D eigenvalue weighted by molar-refractivity contribution is -0.119. The molecule has 2 aliphatic rings. The smallest absolute Gasteiger partial charge is 0.230 e. The van der Waals surface area contributed by atoms with Crippen LogP contribution < -0.4 is 5.32 Å². The van der Waals surface area contributed by atoms with E-state index in [4.69, 9.17) is 0 Å². The number of likely N-dealkylation sites (tertiary alicyclic amines) is 1. The summed E-state index contributed by atoms with van der Waals surface area (Å²) in [6, 6.07) is 5.64. The fourth-order valence-electron chi connectivity index (χ4n) is 4.15. The number of rotatable bonds is 6. The van der Waals surface area contributed by atoms with Crippen LogP contribution in [0.25, 0.3) is 5.69 Å². The van der Waals surface area contributed by atoms with Crippen molar-refractivity contribution in [3.63, 3.8) is 0 Å². The quantitative estimate of drug-likeness (QED) is 0.665. The van der Waals surface area contributed by atoms with Gasteiger partial charge in [-0.05, 0) is 63.0 Å². The highest BCUT2D eigenvalue weighted by atomic mass is 32.2. The third-order valence-corrected chi connectivity index (χ3v) is 8.56. The first-order chi connectivity index (χ1) is 14.3. The van der Waals surface area contributed by atoms with E-state index >= 15 is 0 Å². The molecule has 162 valence electrons. The van der Waals surface area contributed by atoms with Gasteiger partial charge in [0.15, 0.2) is 15.0 Å². The van der Waals surface area contributed by atoms with E-state index in [0.717, 1.165) is 31.6 Å². The van der Waals surface area contributed by atoms with E-state index in [1.807, 2.05) is 16.7 Å². The first-order valence-corrected chi connectivity index (χ1v) is 13.0. The molecule has 0 bridgehead atoms. The number of hydrogen-bond donors (Lipinski definition) is 1. The van der Waals surface area contributed by atoms with Gasteiger partial charge >= 0.3 is 0 Å². The predicted octanol–water partition coefficient (Wildman–Crippen LogP) is 1.35. The van der Waals surface area contributed by atoms with Gasteiger partial charge in [0.2, 0.25) is 5.91 Å². The molecule has 1 amide bonds. The van der Waals surface area contributed by atoms with Crippen LogP contribution in [0, 0.1) is 13.8 Å². The normalized spacial score (nSPS) is 23.7. The summed E-state index contributed by atoms with van der Waals surface area (Å²) in [5.74, 6) is 0.128. The van der Waals surface area contributed by atoms with Crippen LogP contribution in [0.3, 0.4) is 0 Å². The van der Waals surface area contributed by atoms with Gasteiger partial charge in [0.05, 0.1) is 23.3 Å². The molecule has 2 atom stereocenters. The average molecular weight is 450 g/mol. The standard InChI is InChI=1S/C20H27N5O3S2/c1-14-5-6-16(9-15(14)2)25-13-21-23-20(25)29-10-19(26)22-17-11-30(27,28)12-18(17)24-7-3-4-8-24/h5-6,9,13,17-18H,3-4,7-8,10-12H2,1-2H3,(H,22,26). The van der Waals surface area contributed by atoms with E-state index < -0.39 is 9.84 Å². The lowest BCUT2D eigenvalue weighted by Crippen LogP contribution is -2.50. The first-order valence-electron chi connectivity index (χ1n) is 10.2. The van der Waals surface area contributed by atoms with Gasteiger partial charge in [-0.3, -0.25) is 14.3 Å². The van der Waals surface area contributed by atoms with Crippen molar-refractivity contribution < 1.29 is 13.2 Å². The summed E-state index contributed by atoms with van der Waals surface area (Å²) in [6.45, 7) is 5.92. The molecule has 2 fully saturated rings. The summed E-state index contributed by atoms with van der Waals surface area (Å²) >= 11 is 1.30. The maximum absolute atomic E-state index is 12.6. The van der Waals surface area contributed by atoms with Crippen LogP contribution in [0.4, 0.5) is 0 Å². The zero-order chi connectivity index (χ0) is 21.3. The van der Waals surface area contributed by atoms with Gasteiger partial charge in [-0.25, -0.2) is 8.42 Å². The van der Waals surface area contributed by atoms with Gasteiger partial charge in [-0.2, -0.15) is 0 Å². The molecule has 3 heterocycles. The van der Waals surface area contributed by atoms with E-state index in [2.05, 4.69) is 40.3 Å². The first kappa shape index (κ1) is 21.3. The maximum Gasteiger partial charge on any atom is 0.230 e. The molecule has 0 aliphatic carbocycles. The summed E-state index contributed by atoms with van der Waals surface area (Å²) in [5, 5.41) is 11.7. The summed E-state index contributed by atoms with van der Waals surface area (Å²) in [5.41, 5.74) is 3.33. The van der Waals surface area contributed by atoms with Crippen LogP contribution >= 0.6 is 11.8 Å². The summed E-state index contributed by atoms with van der Waals surface area (Å²) < 4.78 is 26.2. The largest absolute Gasteiger partial charge is 0.350 e. The van der Waals surface area contributed by atoms with Gasteiger partial charge in [0, 0.05) is 11.7 Å². The van der Waals surface area contributed by atoms with E-state index in [0.29, 0.717) is 5.16 Å². The van der Waals surface area contributed by atoms with Gasteiger partial charge in [-0.1, -0.05) is 17.8 Å². The monoisotopic (exact) mass is 449 g/mol. The van der Waals surface area contributed by atoms with Crippen LogP contribution in [-0.4, -0.2) is 76.4 Å². The van der Waals surface area contributed by atoms with Crippen LogP contribution in [0.2, 0.25) is 0 Å². The number of aromatic nitrogens is 3. The molecule has 1 aromatic carbocycles. The van der Waals surface area contributed by atoms with Gasteiger partial charge in [0.1, 0.15) is 6.33 Å². The van der Waals surface area contributed by atoms with Crippen LogP contribution in [0.15, 0.2) is 29.7 Å². The number of hydrogen-bond acceptors (Lipinski definition) is 7. The maximum atomic E-state index is 12.6. The molecule has 2 saturated heterocycles. The third-order valence-electron chi connectivity index (χ3n) is 5.90. The van der Waals surface area contributed by atoms with Gasteiger partial charge in [0.25, 0.3) is 0 Å². The second-order valence-electron chi connectivity index (χ2n) is 8.10. The zero-order valence-corrected chi connectivity index (χ0v) is 18.9. The van der Waals surface area contributed by atoms with Crippen LogP contribution in [-0.2, 0) is 14.6 Å². The molecule has 1 N–H and O–H groups in total. The number of thioether (sulfide) groups is 1. The third kappa shape index (κ3) is 4.70. The Hall–Kier alpha value is -1.91. The second-order valence-corrected chi connectivity index (χ2v) is 11.2. The topological polar surface area (TPSA) is 97.2 Å². The predicted molar refractivity (Wildman–Crippen MR) is 117 cm³/mol. The summed E-state index contributed by atoms with van der Waals surface area (Å²) in [7, 11) is -3.13.